The third kappa shape index (κ3) is 2.22. The van der Waals surface area contributed by atoms with Crippen LogP contribution in [0.4, 0.5) is 5.69 Å². The lowest BCUT2D eigenvalue weighted by atomic mass is 10.2. The van der Waals surface area contributed by atoms with Crippen LogP contribution in [-0.2, 0) is 6.54 Å². The van der Waals surface area contributed by atoms with Gasteiger partial charge in [0.2, 0.25) is 0 Å². The van der Waals surface area contributed by atoms with Crippen LogP contribution in [0, 0.1) is 6.92 Å². The van der Waals surface area contributed by atoms with Crippen molar-refractivity contribution >= 4 is 27.9 Å². The number of anilines is 1. The van der Waals surface area contributed by atoms with Gasteiger partial charge in [0.1, 0.15) is 0 Å². The Morgan fingerprint density at radius 3 is 3.00 bits per heavy atom. The van der Waals surface area contributed by atoms with Crippen molar-refractivity contribution in [3.8, 4) is 0 Å². The zero-order valence-electron chi connectivity index (χ0n) is 10.3. The maximum atomic E-state index is 12.3. The van der Waals surface area contributed by atoms with Gasteiger partial charge in [0, 0.05) is 11.1 Å². The third-order valence-electron chi connectivity index (χ3n) is 2.85. The summed E-state index contributed by atoms with van der Waals surface area (Å²) in [4.78, 5) is 21.0. The van der Waals surface area contributed by atoms with E-state index in [2.05, 4.69) is 9.97 Å². The van der Waals surface area contributed by atoms with Crippen LogP contribution in [0.3, 0.4) is 0 Å². The SMILES string of the molecule is Cc1nc(Cn2cnc3ccc(N)cc3c2=O)cs1. The molecule has 0 saturated carbocycles. The molecule has 3 aromatic rings. The number of benzene rings is 1. The van der Waals surface area contributed by atoms with Crippen molar-refractivity contribution < 1.29 is 0 Å². The molecule has 2 N–H and O–H groups in total. The lowest BCUT2D eigenvalue weighted by Gasteiger charge is -2.05. The Morgan fingerprint density at radius 1 is 1.42 bits per heavy atom. The maximum absolute atomic E-state index is 12.3. The molecular weight excluding hydrogens is 260 g/mol. The molecule has 0 atom stereocenters. The van der Waals surface area contributed by atoms with Crippen molar-refractivity contribution in [1.29, 1.82) is 0 Å². The zero-order chi connectivity index (χ0) is 13.4. The number of rotatable bonds is 2. The second kappa shape index (κ2) is 4.47. The van der Waals surface area contributed by atoms with E-state index < -0.39 is 0 Å². The zero-order valence-corrected chi connectivity index (χ0v) is 11.1. The van der Waals surface area contributed by atoms with Crippen LogP contribution in [0.1, 0.15) is 10.7 Å². The van der Waals surface area contributed by atoms with Gasteiger partial charge in [-0.15, -0.1) is 11.3 Å². The van der Waals surface area contributed by atoms with Crippen LogP contribution in [0.2, 0.25) is 0 Å². The molecule has 0 bridgehead atoms. The van der Waals surface area contributed by atoms with E-state index in [-0.39, 0.29) is 5.56 Å². The Kier molecular flexibility index (Phi) is 2.79. The number of aryl methyl sites for hydroxylation is 1. The van der Waals surface area contributed by atoms with E-state index in [9.17, 15) is 4.79 Å². The summed E-state index contributed by atoms with van der Waals surface area (Å²) in [6.07, 6.45) is 1.55. The number of nitrogens with two attached hydrogens (primary N) is 1. The Morgan fingerprint density at radius 2 is 2.26 bits per heavy atom. The molecule has 0 unspecified atom stereocenters. The Hall–Kier alpha value is -2.21. The normalized spacial score (nSPS) is 11.0. The van der Waals surface area contributed by atoms with Crippen molar-refractivity contribution in [2.24, 2.45) is 0 Å². The van der Waals surface area contributed by atoms with Crippen LogP contribution in [0.5, 0.6) is 0 Å². The lowest BCUT2D eigenvalue weighted by molar-refractivity contribution is 0.732. The standard InChI is InChI=1S/C13H12N4OS/c1-8-16-10(6-19-8)5-17-7-15-12-3-2-9(14)4-11(12)13(17)18/h2-4,6-7H,5,14H2,1H3. The van der Waals surface area contributed by atoms with Crippen LogP contribution >= 0.6 is 11.3 Å². The summed E-state index contributed by atoms with van der Waals surface area (Å²) in [6, 6.07) is 5.15. The van der Waals surface area contributed by atoms with Gasteiger partial charge < -0.3 is 5.73 Å². The van der Waals surface area contributed by atoms with Gasteiger partial charge in [0.15, 0.2) is 0 Å². The highest BCUT2D eigenvalue weighted by molar-refractivity contribution is 7.09. The molecule has 0 fully saturated rings. The van der Waals surface area contributed by atoms with Crippen molar-refractivity contribution in [2.75, 3.05) is 5.73 Å². The Bertz CT molecular complexity index is 806. The van der Waals surface area contributed by atoms with Gasteiger partial charge in [-0.05, 0) is 25.1 Å². The monoisotopic (exact) mass is 272 g/mol. The molecule has 0 aliphatic heterocycles. The minimum Gasteiger partial charge on any atom is -0.399 e. The third-order valence-corrected chi connectivity index (χ3v) is 3.67. The second-order valence-electron chi connectivity index (χ2n) is 4.31. The molecule has 3 rings (SSSR count). The minimum atomic E-state index is -0.0945. The first kappa shape index (κ1) is 11.9. The molecule has 1 aromatic carbocycles. The van der Waals surface area contributed by atoms with Crippen molar-refractivity contribution in [1.82, 2.24) is 14.5 Å². The van der Waals surface area contributed by atoms with E-state index in [0.717, 1.165) is 10.7 Å². The first-order valence-electron chi connectivity index (χ1n) is 5.79. The van der Waals surface area contributed by atoms with E-state index in [1.165, 1.54) is 0 Å². The van der Waals surface area contributed by atoms with Crippen LogP contribution < -0.4 is 11.3 Å². The molecule has 5 nitrogen and oxygen atoms in total. The summed E-state index contributed by atoms with van der Waals surface area (Å²) in [5.74, 6) is 0. The molecule has 0 saturated heterocycles. The van der Waals surface area contributed by atoms with Gasteiger partial charge in [0.05, 0.1) is 34.5 Å². The fraction of sp³-hybridized carbons (Fsp3) is 0.154. The van der Waals surface area contributed by atoms with Crippen molar-refractivity contribution in [2.45, 2.75) is 13.5 Å². The van der Waals surface area contributed by atoms with Crippen LogP contribution in [0.15, 0.2) is 34.7 Å². The fourth-order valence-electron chi connectivity index (χ4n) is 1.94. The average molecular weight is 272 g/mol. The second-order valence-corrected chi connectivity index (χ2v) is 5.37. The largest absolute Gasteiger partial charge is 0.399 e. The number of fused-ring (bicyclic) bond motifs is 1. The fourth-order valence-corrected chi connectivity index (χ4v) is 2.55. The highest BCUT2D eigenvalue weighted by Gasteiger charge is 2.06. The molecular formula is C13H12N4OS. The molecule has 96 valence electrons. The predicted octanol–water partition coefficient (Wildman–Crippen LogP) is 1.79. The number of nitrogen functional groups attached to an aromatic ring is 1. The average Bonchev–Trinajstić information content (AvgIpc) is 2.79. The van der Waals surface area contributed by atoms with Crippen molar-refractivity contribution in [3.63, 3.8) is 0 Å². The molecule has 0 aliphatic rings. The quantitative estimate of drug-likeness (QED) is 0.722. The summed E-state index contributed by atoms with van der Waals surface area (Å²) in [6.45, 7) is 2.37. The maximum Gasteiger partial charge on any atom is 0.261 e. The molecule has 0 amide bonds. The number of nitrogens with zero attached hydrogens (tertiary/aromatic N) is 3. The predicted molar refractivity (Wildman–Crippen MR) is 76.4 cm³/mol. The molecule has 0 spiro atoms. The van der Waals surface area contributed by atoms with Gasteiger partial charge in [-0.2, -0.15) is 0 Å². The number of hydrogen-bond acceptors (Lipinski definition) is 5. The van der Waals surface area contributed by atoms with E-state index in [4.69, 9.17) is 5.73 Å². The summed E-state index contributed by atoms with van der Waals surface area (Å²) in [5, 5.41) is 3.47. The molecule has 2 aromatic heterocycles. The highest BCUT2D eigenvalue weighted by atomic mass is 32.1. The first-order valence-corrected chi connectivity index (χ1v) is 6.67. The molecule has 2 heterocycles. The van der Waals surface area contributed by atoms with E-state index in [1.807, 2.05) is 12.3 Å². The van der Waals surface area contributed by atoms with Gasteiger partial charge >= 0.3 is 0 Å². The van der Waals surface area contributed by atoms with Crippen LogP contribution in [0.25, 0.3) is 10.9 Å². The Labute approximate surface area is 113 Å². The number of thiazole rings is 1. The minimum absolute atomic E-state index is 0.0945. The highest BCUT2D eigenvalue weighted by Crippen LogP contribution is 2.12. The van der Waals surface area contributed by atoms with Gasteiger partial charge in [0.25, 0.3) is 5.56 Å². The summed E-state index contributed by atoms with van der Waals surface area (Å²) in [5.41, 5.74) is 7.71. The lowest BCUT2D eigenvalue weighted by Crippen LogP contribution is -2.21. The molecule has 6 heteroatoms. The first-order chi connectivity index (χ1) is 9.13. The van der Waals surface area contributed by atoms with Crippen molar-refractivity contribution in [3.05, 3.63) is 51.0 Å². The Balaban J connectivity index is 2.09. The van der Waals surface area contributed by atoms with Crippen LogP contribution in [-0.4, -0.2) is 14.5 Å². The summed E-state index contributed by atoms with van der Waals surface area (Å²) < 4.78 is 1.55. The van der Waals surface area contributed by atoms with E-state index in [1.54, 1.807) is 40.4 Å². The van der Waals surface area contributed by atoms with E-state index >= 15 is 0 Å². The topological polar surface area (TPSA) is 73.8 Å². The molecule has 0 aliphatic carbocycles. The van der Waals surface area contributed by atoms with Gasteiger partial charge in [-0.1, -0.05) is 0 Å². The number of hydrogen-bond donors (Lipinski definition) is 1. The number of aromatic nitrogens is 3. The summed E-state index contributed by atoms with van der Waals surface area (Å²) >= 11 is 1.57. The summed E-state index contributed by atoms with van der Waals surface area (Å²) in [7, 11) is 0. The van der Waals surface area contributed by atoms with Gasteiger partial charge in [-0.3, -0.25) is 9.36 Å². The molecule has 0 radical (unpaired) electrons. The van der Waals surface area contributed by atoms with Gasteiger partial charge in [-0.25, -0.2) is 9.97 Å². The van der Waals surface area contributed by atoms with E-state index in [0.29, 0.717) is 23.1 Å². The molecule has 19 heavy (non-hydrogen) atoms. The smallest absolute Gasteiger partial charge is 0.261 e.